The number of phenols is 1. The standard InChI is InChI=1S/C14H9BrClNO4/c15-9-3-1-2-8(14(20)21)12(9)17-13(19)7-4-5-11(18)10(16)6-7/h1-6,18H,(H,17,19)(H,20,21). The van der Waals surface area contributed by atoms with Crippen LogP contribution in [0.4, 0.5) is 5.69 Å². The molecule has 5 nitrogen and oxygen atoms in total. The van der Waals surface area contributed by atoms with Gasteiger partial charge >= 0.3 is 5.97 Å². The number of carbonyl (C=O) groups excluding carboxylic acids is 1. The van der Waals surface area contributed by atoms with Crippen LogP contribution in [0.5, 0.6) is 5.75 Å². The van der Waals surface area contributed by atoms with E-state index in [0.717, 1.165) is 0 Å². The first-order chi connectivity index (χ1) is 9.90. The lowest BCUT2D eigenvalue weighted by molar-refractivity contribution is 0.0698. The molecule has 0 atom stereocenters. The molecule has 0 spiro atoms. The Morgan fingerprint density at radius 3 is 2.52 bits per heavy atom. The highest BCUT2D eigenvalue weighted by Crippen LogP contribution is 2.28. The van der Waals surface area contributed by atoms with E-state index in [4.69, 9.17) is 16.7 Å². The van der Waals surface area contributed by atoms with Crippen LogP contribution >= 0.6 is 27.5 Å². The molecule has 7 heteroatoms. The number of aromatic carboxylic acids is 1. The minimum atomic E-state index is -1.16. The lowest BCUT2D eigenvalue weighted by Crippen LogP contribution is -2.15. The first kappa shape index (κ1) is 15.3. The number of carbonyl (C=O) groups is 2. The molecular formula is C14H9BrClNO4. The molecule has 0 bridgehead atoms. The van der Waals surface area contributed by atoms with Crippen molar-refractivity contribution in [1.29, 1.82) is 0 Å². The van der Waals surface area contributed by atoms with Crippen molar-refractivity contribution in [1.82, 2.24) is 0 Å². The van der Waals surface area contributed by atoms with Crippen LogP contribution < -0.4 is 5.32 Å². The lowest BCUT2D eigenvalue weighted by Gasteiger charge is -2.11. The van der Waals surface area contributed by atoms with E-state index in [-0.39, 0.29) is 27.6 Å². The molecule has 1 amide bonds. The number of halogens is 2. The molecule has 3 N–H and O–H groups in total. The van der Waals surface area contributed by atoms with Crippen LogP contribution in [0.1, 0.15) is 20.7 Å². The average Bonchev–Trinajstić information content (AvgIpc) is 2.43. The normalized spacial score (nSPS) is 10.2. The third-order valence-corrected chi connectivity index (χ3v) is 3.66. The summed E-state index contributed by atoms with van der Waals surface area (Å²) in [6.07, 6.45) is 0. The molecule has 0 aliphatic carbocycles. The Morgan fingerprint density at radius 2 is 1.90 bits per heavy atom. The first-order valence-electron chi connectivity index (χ1n) is 5.72. The Labute approximate surface area is 133 Å². The van der Waals surface area contributed by atoms with Crippen molar-refractivity contribution < 1.29 is 19.8 Å². The summed E-state index contributed by atoms with van der Waals surface area (Å²) in [6.45, 7) is 0. The maximum atomic E-state index is 12.1. The molecule has 0 aliphatic heterocycles. The zero-order valence-corrected chi connectivity index (χ0v) is 12.8. The zero-order chi connectivity index (χ0) is 15.6. The highest BCUT2D eigenvalue weighted by molar-refractivity contribution is 9.10. The maximum absolute atomic E-state index is 12.1. The number of carboxylic acids is 1. The summed E-state index contributed by atoms with van der Waals surface area (Å²) in [5.41, 5.74) is 0.312. The fraction of sp³-hybridized carbons (Fsp3) is 0. The molecule has 108 valence electrons. The Hall–Kier alpha value is -2.05. The monoisotopic (exact) mass is 369 g/mol. The van der Waals surface area contributed by atoms with Gasteiger partial charge in [-0.25, -0.2) is 4.79 Å². The Morgan fingerprint density at radius 1 is 1.19 bits per heavy atom. The molecule has 2 aromatic carbocycles. The van der Waals surface area contributed by atoms with Gasteiger partial charge < -0.3 is 15.5 Å². The Balaban J connectivity index is 2.36. The zero-order valence-electron chi connectivity index (χ0n) is 10.4. The van der Waals surface area contributed by atoms with E-state index in [1.54, 1.807) is 12.1 Å². The van der Waals surface area contributed by atoms with Crippen molar-refractivity contribution in [2.75, 3.05) is 5.32 Å². The van der Waals surface area contributed by atoms with Gasteiger partial charge in [0.25, 0.3) is 5.91 Å². The number of nitrogens with one attached hydrogen (secondary N) is 1. The number of benzene rings is 2. The highest BCUT2D eigenvalue weighted by atomic mass is 79.9. The van der Waals surface area contributed by atoms with Crippen molar-refractivity contribution in [2.45, 2.75) is 0 Å². The highest BCUT2D eigenvalue weighted by Gasteiger charge is 2.16. The van der Waals surface area contributed by atoms with Crippen LogP contribution in [0.3, 0.4) is 0 Å². The molecule has 0 aromatic heterocycles. The van der Waals surface area contributed by atoms with E-state index in [9.17, 15) is 14.7 Å². The quantitative estimate of drug-likeness (QED) is 0.768. The third-order valence-electron chi connectivity index (χ3n) is 2.69. The van der Waals surface area contributed by atoms with Crippen LogP contribution in [0.15, 0.2) is 40.9 Å². The lowest BCUT2D eigenvalue weighted by atomic mass is 10.1. The van der Waals surface area contributed by atoms with Crippen molar-refractivity contribution in [3.05, 3.63) is 57.0 Å². The fourth-order valence-electron chi connectivity index (χ4n) is 1.66. The van der Waals surface area contributed by atoms with E-state index in [0.29, 0.717) is 4.47 Å². The van der Waals surface area contributed by atoms with E-state index in [1.807, 2.05) is 0 Å². The van der Waals surface area contributed by atoms with Gasteiger partial charge in [-0.15, -0.1) is 0 Å². The van der Waals surface area contributed by atoms with Crippen molar-refractivity contribution in [2.24, 2.45) is 0 Å². The van der Waals surface area contributed by atoms with Gasteiger partial charge in [0, 0.05) is 10.0 Å². The van der Waals surface area contributed by atoms with E-state index >= 15 is 0 Å². The largest absolute Gasteiger partial charge is 0.506 e. The molecule has 2 rings (SSSR count). The molecule has 0 saturated heterocycles. The topological polar surface area (TPSA) is 86.6 Å². The molecule has 21 heavy (non-hydrogen) atoms. The predicted octanol–water partition coefficient (Wildman–Crippen LogP) is 3.76. The minimum Gasteiger partial charge on any atom is -0.506 e. The van der Waals surface area contributed by atoms with Crippen LogP contribution in [0.2, 0.25) is 5.02 Å². The van der Waals surface area contributed by atoms with Crippen LogP contribution in [0.25, 0.3) is 0 Å². The van der Waals surface area contributed by atoms with Gasteiger partial charge in [0.05, 0.1) is 16.3 Å². The van der Waals surface area contributed by atoms with Gasteiger partial charge in [0.15, 0.2) is 0 Å². The van der Waals surface area contributed by atoms with E-state index in [2.05, 4.69) is 21.2 Å². The van der Waals surface area contributed by atoms with Gasteiger partial charge in [-0.1, -0.05) is 17.7 Å². The number of anilines is 1. The van der Waals surface area contributed by atoms with Crippen LogP contribution in [0, 0.1) is 0 Å². The number of phenolic OH excluding ortho intramolecular Hbond substituents is 1. The summed E-state index contributed by atoms with van der Waals surface area (Å²) in [6, 6.07) is 8.52. The average molecular weight is 371 g/mol. The minimum absolute atomic E-state index is 0.0354. The van der Waals surface area contributed by atoms with Crippen molar-refractivity contribution >= 4 is 45.1 Å². The van der Waals surface area contributed by atoms with Gasteiger partial charge in [-0.3, -0.25) is 4.79 Å². The Bertz CT molecular complexity index is 733. The van der Waals surface area contributed by atoms with E-state index in [1.165, 1.54) is 24.3 Å². The van der Waals surface area contributed by atoms with Gasteiger partial charge in [-0.2, -0.15) is 0 Å². The number of hydrogen-bond donors (Lipinski definition) is 3. The number of rotatable bonds is 3. The number of hydrogen-bond acceptors (Lipinski definition) is 3. The second-order valence-electron chi connectivity index (χ2n) is 4.09. The second-order valence-corrected chi connectivity index (χ2v) is 5.35. The first-order valence-corrected chi connectivity index (χ1v) is 6.89. The van der Waals surface area contributed by atoms with Gasteiger partial charge in [0.2, 0.25) is 0 Å². The summed E-state index contributed by atoms with van der Waals surface area (Å²) >= 11 is 8.94. The SMILES string of the molecule is O=C(Nc1c(Br)cccc1C(=O)O)c1ccc(O)c(Cl)c1. The predicted molar refractivity (Wildman–Crippen MR) is 82.2 cm³/mol. The Kier molecular flexibility index (Phi) is 4.50. The third kappa shape index (κ3) is 3.34. The molecule has 0 unspecified atom stereocenters. The number of para-hydroxylation sites is 1. The van der Waals surface area contributed by atoms with Crippen LogP contribution in [-0.2, 0) is 0 Å². The number of amides is 1. The van der Waals surface area contributed by atoms with Crippen LogP contribution in [-0.4, -0.2) is 22.1 Å². The molecule has 2 aromatic rings. The molecule has 0 aliphatic rings. The summed E-state index contributed by atoms with van der Waals surface area (Å²) in [5.74, 6) is -1.83. The van der Waals surface area contributed by atoms with Crippen molar-refractivity contribution in [3.63, 3.8) is 0 Å². The number of aromatic hydroxyl groups is 1. The summed E-state index contributed by atoms with van der Waals surface area (Å²) in [5, 5.41) is 21.0. The maximum Gasteiger partial charge on any atom is 0.337 e. The molecule has 0 fully saturated rings. The second kappa shape index (κ2) is 6.15. The summed E-state index contributed by atoms with van der Waals surface area (Å²) < 4.78 is 0.445. The van der Waals surface area contributed by atoms with Gasteiger partial charge in [-0.05, 0) is 46.3 Å². The molecule has 0 radical (unpaired) electrons. The smallest absolute Gasteiger partial charge is 0.337 e. The molecule has 0 saturated carbocycles. The summed E-state index contributed by atoms with van der Waals surface area (Å²) in [7, 11) is 0. The van der Waals surface area contributed by atoms with Gasteiger partial charge in [0.1, 0.15) is 5.75 Å². The van der Waals surface area contributed by atoms with E-state index < -0.39 is 11.9 Å². The summed E-state index contributed by atoms with van der Waals surface area (Å²) in [4.78, 5) is 23.3. The fourth-order valence-corrected chi connectivity index (χ4v) is 2.31. The van der Waals surface area contributed by atoms with Crippen molar-refractivity contribution in [3.8, 4) is 5.75 Å². The number of carboxylic acid groups (broad SMARTS) is 1. The molecular weight excluding hydrogens is 362 g/mol. The molecule has 0 heterocycles.